The largest absolute Gasteiger partial charge is 0.466 e. The molecule has 0 radical (unpaired) electrons. The van der Waals surface area contributed by atoms with E-state index in [0.717, 1.165) is 0 Å². The first-order chi connectivity index (χ1) is 8.02. The summed E-state index contributed by atoms with van der Waals surface area (Å²) in [5, 5.41) is 0. The van der Waals surface area contributed by atoms with E-state index in [1.54, 1.807) is 11.8 Å². The summed E-state index contributed by atoms with van der Waals surface area (Å²) in [6.45, 7) is 7.21. The molecule has 5 nitrogen and oxygen atoms in total. The summed E-state index contributed by atoms with van der Waals surface area (Å²) < 4.78 is 10.3. The highest BCUT2D eigenvalue weighted by Crippen LogP contribution is 2.12. The molecule has 0 unspecified atom stereocenters. The van der Waals surface area contributed by atoms with Gasteiger partial charge in [0.25, 0.3) is 0 Å². The molecule has 1 fully saturated rings. The van der Waals surface area contributed by atoms with Gasteiger partial charge in [-0.1, -0.05) is 0 Å². The lowest BCUT2D eigenvalue weighted by Gasteiger charge is -2.35. The normalized spacial score (nSPS) is 24.5. The first-order valence-electron chi connectivity index (χ1n) is 6.11. The minimum atomic E-state index is -0.310. The molecule has 17 heavy (non-hydrogen) atoms. The van der Waals surface area contributed by atoms with Crippen molar-refractivity contribution in [1.82, 2.24) is 4.90 Å². The molecular formula is C12H21NO4. The van der Waals surface area contributed by atoms with Crippen LogP contribution in [0.2, 0.25) is 0 Å². The molecule has 5 heteroatoms. The average Bonchev–Trinajstić information content (AvgIpc) is 2.25. The molecule has 0 bridgehead atoms. The fourth-order valence-corrected chi connectivity index (χ4v) is 1.98. The number of rotatable bonds is 4. The van der Waals surface area contributed by atoms with Crippen molar-refractivity contribution in [2.75, 3.05) is 19.7 Å². The van der Waals surface area contributed by atoms with E-state index in [1.165, 1.54) is 0 Å². The molecular weight excluding hydrogens is 222 g/mol. The third-order valence-electron chi connectivity index (χ3n) is 2.62. The van der Waals surface area contributed by atoms with Gasteiger partial charge in [0.15, 0.2) is 0 Å². The van der Waals surface area contributed by atoms with E-state index in [1.807, 2.05) is 13.8 Å². The Hall–Kier alpha value is -1.10. The maximum Gasteiger partial charge on any atom is 0.306 e. The number of esters is 1. The third kappa shape index (κ3) is 4.73. The van der Waals surface area contributed by atoms with E-state index in [2.05, 4.69) is 0 Å². The summed E-state index contributed by atoms with van der Waals surface area (Å²) in [5.74, 6) is -0.310. The molecule has 0 aromatic rings. The van der Waals surface area contributed by atoms with Crippen LogP contribution < -0.4 is 0 Å². The van der Waals surface area contributed by atoms with Gasteiger partial charge in [0.05, 0.1) is 25.2 Å². The van der Waals surface area contributed by atoms with Crippen molar-refractivity contribution in [3.63, 3.8) is 0 Å². The van der Waals surface area contributed by atoms with Crippen LogP contribution in [0, 0.1) is 0 Å². The second-order valence-electron chi connectivity index (χ2n) is 4.36. The molecule has 98 valence electrons. The number of amides is 1. The molecule has 1 aliphatic heterocycles. The molecule has 1 amide bonds. The van der Waals surface area contributed by atoms with Gasteiger partial charge in [-0.25, -0.2) is 0 Å². The van der Waals surface area contributed by atoms with Crippen molar-refractivity contribution >= 4 is 11.9 Å². The Balaban J connectivity index is 2.34. The van der Waals surface area contributed by atoms with Crippen LogP contribution in [0.4, 0.5) is 0 Å². The van der Waals surface area contributed by atoms with Crippen molar-refractivity contribution in [2.45, 2.75) is 45.8 Å². The van der Waals surface area contributed by atoms with Crippen molar-refractivity contribution in [2.24, 2.45) is 0 Å². The van der Waals surface area contributed by atoms with Crippen LogP contribution in [0.25, 0.3) is 0 Å². The van der Waals surface area contributed by atoms with E-state index < -0.39 is 0 Å². The van der Waals surface area contributed by atoms with Crippen LogP contribution in [0.1, 0.15) is 33.6 Å². The van der Waals surface area contributed by atoms with Crippen molar-refractivity contribution < 1.29 is 19.1 Å². The quantitative estimate of drug-likeness (QED) is 0.690. The van der Waals surface area contributed by atoms with Gasteiger partial charge in [-0.2, -0.15) is 0 Å². The van der Waals surface area contributed by atoms with Crippen LogP contribution in [-0.2, 0) is 19.1 Å². The average molecular weight is 243 g/mol. The van der Waals surface area contributed by atoms with Crippen LogP contribution in [0.15, 0.2) is 0 Å². The summed E-state index contributed by atoms with van der Waals surface area (Å²) in [6, 6.07) is 0. The number of hydrogen-bond donors (Lipinski definition) is 0. The fraction of sp³-hybridized carbons (Fsp3) is 0.833. The molecule has 1 heterocycles. The first-order valence-corrected chi connectivity index (χ1v) is 6.11. The van der Waals surface area contributed by atoms with Crippen LogP contribution in [0.5, 0.6) is 0 Å². The Labute approximate surface area is 102 Å². The highest BCUT2D eigenvalue weighted by molar-refractivity contribution is 5.81. The summed E-state index contributed by atoms with van der Waals surface area (Å²) in [4.78, 5) is 24.8. The van der Waals surface area contributed by atoms with Gasteiger partial charge in [-0.05, 0) is 20.8 Å². The molecule has 0 saturated carbocycles. The van der Waals surface area contributed by atoms with Gasteiger partial charge in [0.2, 0.25) is 5.91 Å². The Morgan fingerprint density at radius 1 is 1.24 bits per heavy atom. The number of carbonyl (C=O) groups excluding carboxylic acids is 2. The SMILES string of the molecule is CCOC(=O)CCC(=O)N1C[C@@H](C)O[C@@H](C)C1. The van der Waals surface area contributed by atoms with Crippen LogP contribution in [0.3, 0.4) is 0 Å². The number of morpholine rings is 1. The fourth-order valence-electron chi connectivity index (χ4n) is 1.98. The van der Waals surface area contributed by atoms with Gasteiger partial charge in [-0.15, -0.1) is 0 Å². The van der Waals surface area contributed by atoms with E-state index in [-0.39, 0.29) is 36.9 Å². The van der Waals surface area contributed by atoms with Crippen molar-refractivity contribution in [3.05, 3.63) is 0 Å². The summed E-state index contributed by atoms with van der Waals surface area (Å²) >= 11 is 0. The Kier molecular flexibility index (Phi) is 5.41. The molecule has 0 aromatic heterocycles. The number of nitrogens with zero attached hydrogens (tertiary/aromatic N) is 1. The summed E-state index contributed by atoms with van der Waals surface area (Å²) in [7, 11) is 0. The Bertz CT molecular complexity index is 270. The number of hydrogen-bond acceptors (Lipinski definition) is 4. The van der Waals surface area contributed by atoms with Crippen molar-refractivity contribution in [3.8, 4) is 0 Å². The molecule has 0 aromatic carbocycles. The zero-order valence-corrected chi connectivity index (χ0v) is 10.8. The third-order valence-corrected chi connectivity index (χ3v) is 2.62. The maximum absolute atomic E-state index is 11.9. The minimum absolute atomic E-state index is 0.0000491. The first kappa shape index (κ1) is 14.0. The second-order valence-corrected chi connectivity index (χ2v) is 4.36. The zero-order valence-electron chi connectivity index (χ0n) is 10.8. The summed E-state index contributed by atoms with van der Waals surface area (Å²) in [5.41, 5.74) is 0. The zero-order chi connectivity index (χ0) is 12.8. The monoisotopic (exact) mass is 243 g/mol. The Morgan fingerprint density at radius 2 is 1.82 bits per heavy atom. The molecule has 0 N–H and O–H groups in total. The highest BCUT2D eigenvalue weighted by Gasteiger charge is 2.25. The van der Waals surface area contributed by atoms with E-state index in [4.69, 9.17) is 9.47 Å². The number of ether oxygens (including phenoxy) is 2. The summed E-state index contributed by atoms with van der Waals surface area (Å²) in [6.07, 6.45) is 0.501. The molecule has 0 spiro atoms. The lowest BCUT2D eigenvalue weighted by Crippen LogP contribution is -2.48. The highest BCUT2D eigenvalue weighted by atomic mass is 16.5. The lowest BCUT2D eigenvalue weighted by molar-refractivity contribution is -0.149. The minimum Gasteiger partial charge on any atom is -0.466 e. The van der Waals surface area contributed by atoms with E-state index in [0.29, 0.717) is 19.7 Å². The molecule has 0 aliphatic carbocycles. The van der Waals surface area contributed by atoms with E-state index >= 15 is 0 Å². The second kappa shape index (κ2) is 6.59. The Morgan fingerprint density at radius 3 is 2.35 bits per heavy atom. The van der Waals surface area contributed by atoms with Gasteiger partial charge in [-0.3, -0.25) is 9.59 Å². The van der Waals surface area contributed by atoms with Crippen LogP contribution >= 0.6 is 0 Å². The van der Waals surface area contributed by atoms with Gasteiger partial charge < -0.3 is 14.4 Å². The van der Waals surface area contributed by atoms with Crippen molar-refractivity contribution in [1.29, 1.82) is 0 Å². The number of carbonyl (C=O) groups is 2. The predicted molar refractivity (Wildman–Crippen MR) is 62.5 cm³/mol. The lowest BCUT2D eigenvalue weighted by atomic mass is 10.2. The standard InChI is InChI=1S/C12H21NO4/c1-4-16-12(15)6-5-11(14)13-7-9(2)17-10(3)8-13/h9-10H,4-8H2,1-3H3/t9-,10+. The van der Waals surface area contributed by atoms with Gasteiger partial charge in [0, 0.05) is 19.5 Å². The van der Waals surface area contributed by atoms with Gasteiger partial charge >= 0.3 is 5.97 Å². The van der Waals surface area contributed by atoms with Crippen LogP contribution in [-0.4, -0.2) is 48.7 Å². The molecule has 1 rings (SSSR count). The predicted octanol–water partition coefficient (Wildman–Crippen LogP) is 0.965. The maximum atomic E-state index is 11.9. The topological polar surface area (TPSA) is 55.8 Å². The smallest absolute Gasteiger partial charge is 0.306 e. The molecule has 1 saturated heterocycles. The van der Waals surface area contributed by atoms with E-state index in [9.17, 15) is 9.59 Å². The molecule has 1 aliphatic rings. The van der Waals surface area contributed by atoms with Gasteiger partial charge in [0.1, 0.15) is 0 Å². The molecule has 2 atom stereocenters.